The lowest BCUT2D eigenvalue weighted by Crippen LogP contribution is -1.94. The second-order valence-electron chi connectivity index (χ2n) is 4.88. The van der Waals surface area contributed by atoms with Crippen molar-refractivity contribution in [1.29, 1.82) is 0 Å². The van der Waals surface area contributed by atoms with E-state index in [1.807, 2.05) is 35.7 Å². The summed E-state index contributed by atoms with van der Waals surface area (Å²) in [7, 11) is 0. The first kappa shape index (κ1) is 13.2. The number of thiophene rings is 1. The third kappa shape index (κ3) is 2.51. The number of aromatic nitrogens is 2. The van der Waals surface area contributed by atoms with E-state index >= 15 is 0 Å². The molecule has 0 saturated carbocycles. The molecule has 0 atom stereocenters. The first-order valence-electron chi connectivity index (χ1n) is 6.80. The molecule has 0 fully saturated rings. The van der Waals surface area contributed by atoms with Crippen LogP contribution >= 0.6 is 11.3 Å². The van der Waals surface area contributed by atoms with E-state index in [2.05, 4.69) is 9.97 Å². The summed E-state index contributed by atoms with van der Waals surface area (Å²) in [6, 6.07) is 14.0. The van der Waals surface area contributed by atoms with E-state index in [0.29, 0.717) is 23.2 Å². The van der Waals surface area contributed by atoms with Gasteiger partial charge in [0.1, 0.15) is 18.2 Å². The summed E-state index contributed by atoms with van der Waals surface area (Å²) in [6.45, 7) is 0.527. The monoisotopic (exact) mass is 310 g/mol. The van der Waals surface area contributed by atoms with E-state index in [1.165, 1.54) is 12.1 Å². The Morgan fingerprint density at radius 1 is 0.909 bits per heavy atom. The van der Waals surface area contributed by atoms with Gasteiger partial charge in [-0.05, 0) is 35.7 Å². The zero-order valence-corrected chi connectivity index (χ0v) is 12.3. The van der Waals surface area contributed by atoms with Crippen LogP contribution in [0.2, 0.25) is 0 Å². The van der Waals surface area contributed by atoms with Crippen molar-refractivity contribution >= 4 is 33.4 Å². The predicted molar refractivity (Wildman–Crippen MR) is 85.7 cm³/mol. The molecule has 108 valence electrons. The van der Waals surface area contributed by atoms with Gasteiger partial charge in [-0.1, -0.05) is 6.07 Å². The van der Waals surface area contributed by atoms with Gasteiger partial charge in [0.25, 0.3) is 0 Å². The minimum atomic E-state index is -0.314. The van der Waals surface area contributed by atoms with Gasteiger partial charge in [0.2, 0.25) is 0 Å². The minimum absolute atomic E-state index is 0.314. The molecule has 3 nitrogen and oxygen atoms in total. The van der Waals surface area contributed by atoms with E-state index in [4.69, 9.17) is 4.74 Å². The number of halogens is 1. The second-order valence-corrected chi connectivity index (χ2v) is 5.91. The summed E-state index contributed by atoms with van der Waals surface area (Å²) >= 11 is 1.65. The summed E-state index contributed by atoms with van der Waals surface area (Å²) in [5, 5.41) is 2.02. The van der Waals surface area contributed by atoms with E-state index in [9.17, 15) is 4.39 Å². The molecule has 0 spiro atoms. The fraction of sp³-hybridized carbons (Fsp3) is 0.0588. The molecular formula is C17H11FN2OS. The van der Waals surface area contributed by atoms with E-state index in [0.717, 1.165) is 16.1 Å². The van der Waals surface area contributed by atoms with Crippen LogP contribution in [-0.2, 0) is 6.61 Å². The van der Waals surface area contributed by atoms with Crippen LogP contribution in [0.3, 0.4) is 0 Å². The maximum atomic E-state index is 13.3. The van der Waals surface area contributed by atoms with Gasteiger partial charge in [-0.2, -0.15) is 0 Å². The molecule has 5 heteroatoms. The van der Waals surface area contributed by atoms with Crippen LogP contribution in [0.4, 0.5) is 4.39 Å². The second kappa shape index (κ2) is 5.35. The molecule has 0 aliphatic rings. The quantitative estimate of drug-likeness (QED) is 0.520. The number of ether oxygens (including phenoxy) is 1. The lowest BCUT2D eigenvalue weighted by molar-refractivity contribution is 0.310. The fourth-order valence-corrected chi connectivity index (χ4v) is 2.88. The van der Waals surface area contributed by atoms with Crippen LogP contribution in [0.1, 0.15) is 4.88 Å². The van der Waals surface area contributed by atoms with Crippen molar-refractivity contribution in [2.24, 2.45) is 0 Å². The first-order chi connectivity index (χ1) is 10.8. The number of hydrogen-bond donors (Lipinski definition) is 0. The summed E-state index contributed by atoms with van der Waals surface area (Å²) in [5.41, 5.74) is 2.69. The highest BCUT2D eigenvalue weighted by Gasteiger charge is 2.05. The highest BCUT2D eigenvalue weighted by atomic mass is 32.1. The molecule has 0 bridgehead atoms. The van der Waals surface area contributed by atoms with Crippen molar-refractivity contribution in [3.8, 4) is 5.75 Å². The van der Waals surface area contributed by atoms with Gasteiger partial charge in [0, 0.05) is 17.0 Å². The molecular weight excluding hydrogens is 299 g/mol. The fourth-order valence-electron chi connectivity index (χ4n) is 2.27. The number of hydrogen-bond acceptors (Lipinski definition) is 4. The van der Waals surface area contributed by atoms with Crippen LogP contribution in [-0.4, -0.2) is 9.97 Å². The molecule has 4 aromatic rings. The van der Waals surface area contributed by atoms with Crippen molar-refractivity contribution in [3.63, 3.8) is 0 Å². The van der Waals surface area contributed by atoms with E-state index in [1.54, 1.807) is 17.4 Å². The van der Waals surface area contributed by atoms with Gasteiger partial charge in [0.05, 0.1) is 22.1 Å². The molecule has 0 amide bonds. The van der Waals surface area contributed by atoms with Crippen molar-refractivity contribution in [2.45, 2.75) is 6.61 Å². The maximum absolute atomic E-state index is 13.3. The van der Waals surface area contributed by atoms with Crippen LogP contribution in [0, 0.1) is 5.82 Å². The topological polar surface area (TPSA) is 35.0 Å². The standard InChI is InChI=1S/C17H11FN2OS/c18-11-3-5-14-16(8-11)20-17-9-12(4-6-15(17)19-14)21-10-13-2-1-7-22-13/h1-9H,10H2. The molecule has 4 rings (SSSR count). The van der Waals surface area contributed by atoms with Crippen LogP contribution in [0.25, 0.3) is 22.1 Å². The van der Waals surface area contributed by atoms with Crippen molar-refractivity contribution < 1.29 is 9.13 Å². The van der Waals surface area contributed by atoms with Crippen LogP contribution in [0.15, 0.2) is 53.9 Å². The lowest BCUT2D eigenvalue weighted by Gasteiger charge is -2.06. The molecule has 2 heterocycles. The smallest absolute Gasteiger partial charge is 0.125 e. The van der Waals surface area contributed by atoms with Gasteiger partial charge in [-0.3, -0.25) is 0 Å². The van der Waals surface area contributed by atoms with Crippen LogP contribution in [0.5, 0.6) is 5.75 Å². The normalized spacial score (nSPS) is 11.1. The Balaban J connectivity index is 1.71. The predicted octanol–water partition coefficient (Wildman–Crippen LogP) is 4.56. The Morgan fingerprint density at radius 3 is 2.50 bits per heavy atom. The zero-order valence-electron chi connectivity index (χ0n) is 11.5. The highest BCUT2D eigenvalue weighted by Crippen LogP contribution is 2.22. The Morgan fingerprint density at radius 2 is 1.68 bits per heavy atom. The average Bonchev–Trinajstić information content (AvgIpc) is 3.04. The molecule has 0 unspecified atom stereocenters. The van der Waals surface area contributed by atoms with Crippen molar-refractivity contribution in [2.75, 3.05) is 0 Å². The number of rotatable bonds is 3. The molecule has 0 aliphatic heterocycles. The molecule has 0 saturated heterocycles. The average molecular weight is 310 g/mol. The van der Waals surface area contributed by atoms with E-state index < -0.39 is 0 Å². The molecule has 2 aromatic carbocycles. The molecule has 2 aromatic heterocycles. The van der Waals surface area contributed by atoms with Gasteiger partial charge >= 0.3 is 0 Å². The Labute approximate surface area is 130 Å². The Hall–Kier alpha value is -2.53. The Kier molecular flexibility index (Phi) is 3.20. The summed E-state index contributed by atoms with van der Waals surface area (Å²) in [4.78, 5) is 10.1. The SMILES string of the molecule is Fc1ccc2nc3ccc(OCc4cccs4)cc3nc2c1. The minimum Gasteiger partial charge on any atom is -0.488 e. The van der Waals surface area contributed by atoms with Gasteiger partial charge in [-0.25, -0.2) is 14.4 Å². The highest BCUT2D eigenvalue weighted by molar-refractivity contribution is 7.09. The van der Waals surface area contributed by atoms with Crippen molar-refractivity contribution in [1.82, 2.24) is 9.97 Å². The molecule has 0 radical (unpaired) electrons. The number of fused-ring (bicyclic) bond motifs is 2. The maximum Gasteiger partial charge on any atom is 0.125 e. The van der Waals surface area contributed by atoms with Crippen molar-refractivity contribution in [3.05, 3.63) is 64.6 Å². The van der Waals surface area contributed by atoms with Gasteiger partial charge in [-0.15, -0.1) is 11.3 Å². The third-order valence-corrected chi connectivity index (χ3v) is 4.18. The third-order valence-electron chi connectivity index (χ3n) is 3.33. The first-order valence-corrected chi connectivity index (χ1v) is 7.68. The zero-order chi connectivity index (χ0) is 14.9. The largest absolute Gasteiger partial charge is 0.488 e. The molecule has 22 heavy (non-hydrogen) atoms. The summed E-state index contributed by atoms with van der Waals surface area (Å²) in [6.07, 6.45) is 0. The summed E-state index contributed by atoms with van der Waals surface area (Å²) in [5.74, 6) is 0.414. The number of nitrogens with zero attached hydrogens (tertiary/aromatic N) is 2. The van der Waals surface area contributed by atoms with Gasteiger partial charge < -0.3 is 4.74 Å². The molecule has 0 aliphatic carbocycles. The van der Waals surface area contributed by atoms with Crippen LogP contribution < -0.4 is 4.74 Å². The lowest BCUT2D eigenvalue weighted by atomic mass is 10.2. The Bertz CT molecular complexity index is 954. The van der Waals surface area contributed by atoms with Gasteiger partial charge in [0.15, 0.2) is 0 Å². The van der Waals surface area contributed by atoms with E-state index in [-0.39, 0.29) is 5.82 Å². The molecule has 0 N–H and O–H groups in total. The summed E-state index contributed by atoms with van der Waals surface area (Å²) < 4.78 is 19.1. The number of benzene rings is 2.